The molecule has 0 saturated carbocycles. The van der Waals surface area contributed by atoms with Crippen molar-refractivity contribution in [3.8, 4) is 0 Å². The highest BCUT2D eigenvalue weighted by molar-refractivity contribution is 4.79. The van der Waals surface area contributed by atoms with Gasteiger partial charge in [-0.05, 0) is 45.8 Å². The van der Waals surface area contributed by atoms with Gasteiger partial charge >= 0.3 is 0 Å². The molecule has 0 aromatic rings. The van der Waals surface area contributed by atoms with Gasteiger partial charge in [-0.15, -0.1) is 0 Å². The Morgan fingerprint density at radius 2 is 2.00 bits per heavy atom. The van der Waals surface area contributed by atoms with Crippen molar-refractivity contribution in [2.75, 3.05) is 32.7 Å². The van der Waals surface area contributed by atoms with Gasteiger partial charge in [0.25, 0.3) is 0 Å². The van der Waals surface area contributed by atoms with E-state index in [2.05, 4.69) is 22.5 Å². The lowest BCUT2D eigenvalue weighted by atomic mass is 10.0. The molecule has 0 bridgehead atoms. The zero-order valence-electron chi connectivity index (χ0n) is 9.97. The first kappa shape index (κ1) is 11.4. The number of nitrogens with zero attached hydrogens (tertiary/aromatic N) is 1. The van der Waals surface area contributed by atoms with E-state index in [4.69, 9.17) is 0 Å². The molecular formula is C12H25N3. The largest absolute Gasteiger partial charge is 0.313 e. The Hall–Kier alpha value is -0.120. The second kappa shape index (κ2) is 5.83. The highest BCUT2D eigenvalue weighted by Crippen LogP contribution is 2.10. The van der Waals surface area contributed by atoms with Crippen LogP contribution in [0.1, 0.15) is 32.6 Å². The zero-order valence-corrected chi connectivity index (χ0v) is 9.97. The van der Waals surface area contributed by atoms with Crippen LogP contribution in [0.2, 0.25) is 0 Å². The van der Waals surface area contributed by atoms with Crippen molar-refractivity contribution in [3.63, 3.8) is 0 Å². The predicted molar refractivity (Wildman–Crippen MR) is 64.2 cm³/mol. The molecule has 0 radical (unpaired) electrons. The lowest BCUT2D eigenvalue weighted by Crippen LogP contribution is -2.45. The van der Waals surface area contributed by atoms with Gasteiger partial charge in [0.2, 0.25) is 0 Å². The maximum atomic E-state index is 3.64. The molecule has 0 aliphatic carbocycles. The van der Waals surface area contributed by atoms with Gasteiger partial charge in [0, 0.05) is 25.2 Å². The van der Waals surface area contributed by atoms with Crippen LogP contribution in [0.3, 0.4) is 0 Å². The van der Waals surface area contributed by atoms with Crippen molar-refractivity contribution >= 4 is 0 Å². The second-order valence-electron chi connectivity index (χ2n) is 5.12. The summed E-state index contributed by atoms with van der Waals surface area (Å²) in [5, 5.41) is 7.19. The van der Waals surface area contributed by atoms with Gasteiger partial charge in [-0.25, -0.2) is 0 Å². The molecule has 2 aliphatic heterocycles. The lowest BCUT2D eigenvalue weighted by Gasteiger charge is -2.30. The standard InChI is InChI=1S/C12H25N3/c1-11-9-15(8-4-7-13-11)10-12-5-2-3-6-14-12/h11-14H,2-10H2,1H3. The van der Waals surface area contributed by atoms with Gasteiger partial charge in [0.1, 0.15) is 0 Å². The van der Waals surface area contributed by atoms with Crippen molar-refractivity contribution in [1.29, 1.82) is 0 Å². The smallest absolute Gasteiger partial charge is 0.0195 e. The molecule has 2 rings (SSSR count). The first-order valence-corrected chi connectivity index (χ1v) is 6.54. The minimum atomic E-state index is 0.663. The maximum absolute atomic E-state index is 3.64. The lowest BCUT2D eigenvalue weighted by molar-refractivity contribution is 0.224. The van der Waals surface area contributed by atoms with Crippen LogP contribution in [-0.4, -0.2) is 49.7 Å². The van der Waals surface area contributed by atoms with E-state index in [1.807, 2.05) is 0 Å². The first-order chi connectivity index (χ1) is 7.34. The Bertz CT molecular complexity index is 178. The number of piperidine rings is 1. The highest BCUT2D eigenvalue weighted by atomic mass is 15.2. The van der Waals surface area contributed by atoms with E-state index in [1.54, 1.807) is 0 Å². The predicted octanol–water partition coefficient (Wildman–Crippen LogP) is 0.812. The molecule has 2 fully saturated rings. The highest BCUT2D eigenvalue weighted by Gasteiger charge is 2.19. The van der Waals surface area contributed by atoms with Gasteiger partial charge in [0.15, 0.2) is 0 Å². The van der Waals surface area contributed by atoms with Crippen molar-refractivity contribution in [3.05, 3.63) is 0 Å². The van der Waals surface area contributed by atoms with Crippen LogP contribution in [-0.2, 0) is 0 Å². The van der Waals surface area contributed by atoms with Gasteiger partial charge in [-0.2, -0.15) is 0 Å². The Balaban J connectivity index is 1.76. The van der Waals surface area contributed by atoms with E-state index in [0.717, 1.165) is 6.04 Å². The molecule has 0 amide bonds. The van der Waals surface area contributed by atoms with Crippen LogP contribution in [0, 0.1) is 0 Å². The average Bonchev–Trinajstić information content (AvgIpc) is 2.44. The fourth-order valence-electron chi connectivity index (χ4n) is 2.75. The van der Waals surface area contributed by atoms with E-state index in [0.29, 0.717) is 6.04 Å². The van der Waals surface area contributed by atoms with Crippen LogP contribution in [0.25, 0.3) is 0 Å². The Morgan fingerprint density at radius 1 is 1.13 bits per heavy atom. The summed E-state index contributed by atoms with van der Waals surface area (Å²) >= 11 is 0. The molecular weight excluding hydrogens is 186 g/mol. The summed E-state index contributed by atoms with van der Waals surface area (Å²) in [6.45, 7) is 8.47. The van der Waals surface area contributed by atoms with Gasteiger partial charge in [-0.1, -0.05) is 6.42 Å². The van der Waals surface area contributed by atoms with E-state index in [1.165, 1.54) is 58.4 Å². The minimum Gasteiger partial charge on any atom is -0.313 e. The summed E-state index contributed by atoms with van der Waals surface area (Å²) < 4.78 is 0. The van der Waals surface area contributed by atoms with Gasteiger partial charge < -0.3 is 15.5 Å². The fourth-order valence-corrected chi connectivity index (χ4v) is 2.75. The molecule has 2 unspecified atom stereocenters. The average molecular weight is 211 g/mol. The molecule has 2 N–H and O–H groups in total. The molecule has 2 atom stereocenters. The molecule has 3 nitrogen and oxygen atoms in total. The van der Waals surface area contributed by atoms with E-state index < -0.39 is 0 Å². The summed E-state index contributed by atoms with van der Waals surface area (Å²) in [5.74, 6) is 0. The van der Waals surface area contributed by atoms with Crippen LogP contribution in [0.5, 0.6) is 0 Å². The van der Waals surface area contributed by atoms with Crippen molar-refractivity contribution in [2.24, 2.45) is 0 Å². The third-order valence-corrected chi connectivity index (χ3v) is 3.57. The molecule has 3 heteroatoms. The summed E-state index contributed by atoms with van der Waals surface area (Å²) in [6.07, 6.45) is 5.46. The Labute approximate surface area is 93.6 Å². The monoisotopic (exact) mass is 211 g/mol. The molecule has 0 aromatic carbocycles. The normalized spacial score (nSPS) is 35.0. The number of hydrogen-bond acceptors (Lipinski definition) is 3. The number of hydrogen-bond donors (Lipinski definition) is 2. The molecule has 2 saturated heterocycles. The van der Waals surface area contributed by atoms with Crippen LogP contribution >= 0.6 is 0 Å². The quantitative estimate of drug-likeness (QED) is 0.708. The van der Waals surface area contributed by atoms with E-state index in [9.17, 15) is 0 Å². The summed E-state index contributed by atoms with van der Waals surface area (Å²) in [7, 11) is 0. The molecule has 15 heavy (non-hydrogen) atoms. The third-order valence-electron chi connectivity index (χ3n) is 3.57. The van der Waals surface area contributed by atoms with Gasteiger partial charge in [-0.3, -0.25) is 0 Å². The number of nitrogens with one attached hydrogen (secondary N) is 2. The van der Waals surface area contributed by atoms with Crippen molar-refractivity contribution < 1.29 is 0 Å². The topological polar surface area (TPSA) is 27.3 Å². The first-order valence-electron chi connectivity index (χ1n) is 6.54. The van der Waals surface area contributed by atoms with Crippen molar-refractivity contribution in [2.45, 2.75) is 44.7 Å². The van der Waals surface area contributed by atoms with E-state index >= 15 is 0 Å². The van der Waals surface area contributed by atoms with Crippen molar-refractivity contribution in [1.82, 2.24) is 15.5 Å². The van der Waals surface area contributed by atoms with Crippen LogP contribution < -0.4 is 10.6 Å². The Kier molecular flexibility index (Phi) is 4.42. The second-order valence-corrected chi connectivity index (χ2v) is 5.12. The van der Waals surface area contributed by atoms with Crippen LogP contribution in [0.4, 0.5) is 0 Å². The summed E-state index contributed by atoms with van der Waals surface area (Å²) in [6, 6.07) is 1.42. The SMILES string of the molecule is CC1CN(CC2CCCCN2)CCCN1. The molecule has 2 heterocycles. The van der Waals surface area contributed by atoms with Gasteiger partial charge in [0.05, 0.1) is 0 Å². The van der Waals surface area contributed by atoms with Crippen LogP contribution in [0.15, 0.2) is 0 Å². The fraction of sp³-hybridized carbons (Fsp3) is 1.00. The molecule has 88 valence electrons. The van der Waals surface area contributed by atoms with E-state index in [-0.39, 0.29) is 0 Å². The third kappa shape index (κ3) is 3.74. The molecule has 0 spiro atoms. The summed E-state index contributed by atoms with van der Waals surface area (Å²) in [4.78, 5) is 2.63. The Morgan fingerprint density at radius 3 is 2.80 bits per heavy atom. The molecule has 2 aliphatic rings. The zero-order chi connectivity index (χ0) is 10.5. The number of rotatable bonds is 2. The maximum Gasteiger partial charge on any atom is 0.0195 e. The summed E-state index contributed by atoms with van der Waals surface area (Å²) in [5.41, 5.74) is 0. The minimum absolute atomic E-state index is 0.663. The molecule has 0 aromatic heterocycles.